The molecule has 6 aromatic rings. The summed E-state index contributed by atoms with van der Waals surface area (Å²) < 4.78 is 0. The molecule has 0 aliphatic carbocycles. The van der Waals surface area contributed by atoms with Crippen LogP contribution in [0.25, 0.3) is 54.1 Å². The Balaban J connectivity index is 1.90. The van der Waals surface area contributed by atoms with E-state index >= 15 is 0 Å². The minimum atomic E-state index is 1.20. The average molecular weight is 317 g/mol. The van der Waals surface area contributed by atoms with Gasteiger partial charge in [-0.2, -0.15) is 0 Å². The van der Waals surface area contributed by atoms with Gasteiger partial charge in [0.2, 0.25) is 0 Å². The van der Waals surface area contributed by atoms with Gasteiger partial charge < -0.3 is 4.98 Å². The van der Waals surface area contributed by atoms with Crippen molar-refractivity contribution in [1.29, 1.82) is 0 Å². The summed E-state index contributed by atoms with van der Waals surface area (Å²) >= 11 is 0. The molecule has 0 aliphatic rings. The van der Waals surface area contributed by atoms with Crippen molar-refractivity contribution in [2.45, 2.75) is 0 Å². The fourth-order valence-electron chi connectivity index (χ4n) is 4.23. The molecule has 1 heterocycles. The summed E-state index contributed by atoms with van der Waals surface area (Å²) in [6.45, 7) is 0. The van der Waals surface area contributed by atoms with E-state index in [-0.39, 0.29) is 0 Å². The van der Waals surface area contributed by atoms with Crippen molar-refractivity contribution in [1.82, 2.24) is 4.98 Å². The molecule has 1 heteroatoms. The fraction of sp³-hybridized carbons (Fsp3) is 0. The molecule has 0 saturated heterocycles. The number of H-pyrrole nitrogens is 1. The van der Waals surface area contributed by atoms with Gasteiger partial charge in [0.05, 0.1) is 5.52 Å². The van der Waals surface area contributed by atoms with Gasteiger partial charge in [0.25, 0.3) is 0 Å². The lowest BCUT2D eigenvalue weighted by atomic mass is 9.95. The third-order valence-corrected chi connectivity index (χ3v) is 5.38. The van der Waals surface area contributed by atoms with Gasteiger partial charge >= 0.3 is 0 Å². The number of fused-ring (bicyclic) bond motifs is 9. The zero-order chi connectivity index (χ0) is 16.4. The number of para-hydroxylation sites is 1. The molecule has 1 nitrogen and oxygen atoms in total. The SMILES string of the molecule is c1ccc2c(c1)ccc1ccc3c(ccc4c5ccccc5[nH]c43)c12. The minimum absolute atomic E-state index is 1.20. The molecule has 1 aromatic heterocycles. The highest BCUT2D eigenvalue weighted by atomic mass is 14.7. The van der Waals surface area contributed by atoms with Gasteiger partial charge in [-0.3, -0.25) is 0 Å². The first-order valence-corrected chi connectivity index (χ1v) is 8.64. The number of hydrogen-bond acceptors (Lipinski definition) is 0. The molecule has 0 atom stereocenters. The maximum atomic E-state index is 3.63. The summed E-state index contributed by atoms with van der Waals surface area (Å²) in [6.07, 6.45) is 0. The molecule has 0 aliphatic heterocycles. The van der Waals surface area contributed by atoms with Crippen LogP contribution in [0, 0.1) is 0 Å². The second kappa shape index (κ2) is 4.61. The van der Waals surface area contributed by atoms with Gasteiger partial charge in [-0.1, -0.05) is 78.9 Å². The molecule has 5 aromatic carbocycles. The van der Waals surface area contributed by atoms with Crippen molar-refractivity contribution in [3.8, 4) is 0 Å². The van der Waals surface area contributed by atoms with Gasteiger partial charge in [-0.25, -0.2) is 0 Å². The van der Waals surface area contributed by atoms with E-state index in [9.17, 15) is 0 Å². The van der Waals surface area contributed by atoms with Crippen molar-refractivity contribution >= 4 is 54.1 Å². The third-order valence-electron chi connectivity index (χ3n) is 5.38. The van der Waals surface area contributed by atoms with E-state index in [1.807, 2.05) is 0 Å². The van der Waals surface area contributed by atoms with Crippen LogP contribution in [0.15, 0.2) is 84.9 Å². The summed E-state index contributed by atoms with van der Waals surface area (Å²) in [4.78, 5) is 3.63. The first kappa shape index (κ1) is 13.0. The van der Waals surface area contributed by atoms with Crippen molar-refractivity contribution in [3.63, 3.8) is 0 Å². The molecule has 0 spiro atoms. The highest BCUT2D eigenvalue weighted by Gasteiger charge is 2.10. The van der Waals surface area contributed by atoms with Crippen molar-refractivity contribution in [2.75, 3.05) is 0 Å². The lowest BCUT2D eigenvalue weighted by Crippen LogP contribution is -1.82. The van der Waals surface area contributed by atoms with Crippen LogP contribution in [0.2, 0.25) is 0 Å². The molecular formula is C24H15N. The molecule has 25 heavy (non-hydrogen) atoms. The van der Waals surface area contributed by atoms with Crippen LogP contribution in [0.3, 0.4) is 0 Å². The predicted molar refractivity (Wildman–Crippen MR) is 108 cm³/mol. The molecule has 116 valence electrons. The Morgan fingerprint density at radius 3 is 2.04 bits per heavy atom. The zero-order valence-corrected chi connectivity index (χ0v) is 13.6. The maximum absolute atomic E-state index is 3.63. The fourth-order valence-corrected chi connectivity index (χ4v) is 4.23. The summed E-state index contributed by atoms with van der Waals surface area (Å²) in [6, 6.07) is 30.7. The van der Waals surface area contributed by atoms with Crippen LogP contribution in [-0.2, 0) is 0 Å². The second-order valence-electron chi connectivity index (χ2n) is 6.70. The highest BCUT2D eigenvalue weighted by Crippen LogP contribution is 2.37. The summed E-state index contributed by atoms with van der Waals surface area (Å²) in [7, 11) is 0. The Morgan fingerprint density at radius 1 is 0.440 bits per heavy atom. The van der Waals surface area contributed by atoms with E-state index in [4.69, 9.17) is 0 Å². The quantitative estimate of drug-likeness (QED) is 0.297. The van der Waals surface area contributed by atoms with E-state index in [2.05, 4.69) is 89.9 Å². The number of nitrogens with one attached hydrogen (secondary N) is 1. The van der Waals surface area contributed by atoms with Crippen LogP contribution >= 0.6 is 0 Å². The maximum Gasteiger partial charge on any atom is 0.0544 e. The Bertz CT molecular complexity index is 1440. The van der Waals surface area contributed by atoms with E-state index in [0.717, 1.165) is 0 Å². The van der Waals surface area contributed by atoms with Crippen LogP contribution in [0.4, 0.5) is 0 Å². The smallest absolute Gasteiger partial charge is 0.0544 e. The lowest BCUT2D eigenvalue weighted by molar-refractivity contribution is 1.56. The molecule has 0 fully saturated rings. The van der Waals surface area contributed by atoms with E-state index in [1.165, 1.54) is 54.1 Å². The molecule has 0 radical (unpaired) electrons. The van der Waals surface area contributed by atoms with E-state index in [1.54, 1.807) is 0 Å². The van der Waals surface area contributed by atoms with Crippen molar-refractivity contribution in [2.24, 2.45) is 0 Å². The van der Waals surface area contributed by atoms with Gasteiger partial charge in [-0.05, 0) is 33.0 Å². The van der Waals surface area contributed by atoms with Crippen LogP contribution in [-0.4, -0.2) is 4.98 Å². The predicted octanol–water partition coefficient (Wildman–Crippen LogP) is 6.78. The first-order chi connectivity index (χ1) is 12.4. The van der Waals surface area contributed by atoms with Crippen molar-refractivity contribution in [3.05, 3.63) is 84.9 Å². The summed E-state index contributed by atoms with van der Waals surface area (Å²) in [5.41, 5.74) is 2.43. The molecule has 0 unspecified atom stereocenters. The van der Waals surface area contributed by atoms with Crippen LogP contribution < -0.4 is 0 Å². The van der Waals surface area contributed by atoms with Gasteiger partial charge in [0.1, 0.15) is 0 Å². The lowest BCUT2D eigenvalue weighted by Gasteiger charge is -2.09. The van der Waals surface area contributed by atoms with Gasteiger partial charge in [-0.15, -0.1) is 0 Å². The zero-order valence-electron chi connectivity index (χ0n) is 13.6. The summed E-state index contributed by atoms with van der Waals surface area (Å²) in [5, 5.41) is 10.4. The Hall–Kier alpha value is -3.32. The number of aromatic amines is 1. The Labute approximate surface area is 144 Å². The average Bonchev–Trinajstić information content (AvgIpc) is 3.06. The number of benzene rings is 5. The van der Waals surface area contributed by atoms with Gasteiger partial charge in [0.15, 0.2) is 0 Å². The number of hydrogen-bond donors (Lipinski definition) is 1. The number of rotatable bonds is 0. The Morgan fingerprint density at radius 2 is 1.08 bits per heavy atom. The molecular weight excluding hydrogens is 302 g/mol. The molecule has 0 amide bonds. The van der Waals surface area contributed by atoms with Gasteiger partial charge in [0, 0.05) is 21.7 Å². The normalized spacial score (nSPS) is 12.0. The van der Waals surface area contributed by atoms with Crippen LogP contribution in [0.1, 0.15) is 0 Å². The standard InChI is InChI=1S/C24H15N/c1-2-6-17-15(5-1)9-10-16-11-12-21-19(23(16)17)13-14-20-18-7-3-4-8-22(18)25-24(20)21/h1-14,25H. The third kappa shape index (κ3) is 1.67. The molecule has 1 N–H and O–H groups in total. The highest BCUT2D eigenvalue weighted by molar-refractivity contribution is 6.26. The monoisotopic (exact) mass is 317 g/mol. The number of aromatic nitrogens is 1. The topological polar surface area (TPSA) is 15.8 Å². The molecule has 0 saturated carbocycles. The second-order valence-corrected chi connectivity index (χ2v) is 6.70. The summed E-state index contributed by atoms with van der Waals surface area (Å²) in [5.74, 6) is 0. The van der Waals surface area contributed by atoms with E-state index < -0.39 is 0 Å². The first-order valence-electron chi connectivity index (χ1n) is 8.64. The molecule has 0 bridgehead atoms. The van der Waals surface area contributed by atoms with Crippen LogP contribution in [0.5, 0.6) is 0 Å². The minimum Gasteiger partial charge on any atom is -0.354 e. The molecule has 6 rings (SSSR count). The van der Waals surface area contributed by atoms with Crippen molar-refractivity contribution < 1.29 is 0 Å². The largest absolute Gasteiger partial charge is 0.354 e. The Kier molecular flexibility index (Phi) is 2.40. The van der Waals surface area contributed by atoms with E-state index in [0.29, 0.717) is 0 Å².